The summed E-state index contributed by atoms with van der Waals surface area (Å²) in [5, 5.41) is 9.76. The van der Waals surface area contributed by atoms with E-state index >= 15 is 0 Å². The minimum Gasteiger partial charge on any atom is -0.393 e. The fourth-order valence-electron chi connectivity index (χ4n) is 3.02. The summed E-state index contributed by atoms with van der Waals surface area (Å²) in [4.78, 5) is 0. The van der Waals surface area contributed by atoms with Crippen molar-refractivity contribution in [3.8, 4) is 0 Å². The lowest BCUT2D eigenvalue weighted by Gasteiger charge is -2.09. The van der Waals surface area contributed by atoms with Gasteiger partial charge < -0.3 is 5.11 Å². The van der Waals surface area contributed by atoms with Gasteiger partial charge in [-0.15, -0.1) is 0 Å². The SMILES string of the molecule is CCCC[C@@H](O)CCCCCCCCCCCCCCS(=O)(=O)O. The molecule has 0 rings (SSSR count). The van der Waals surface area contributed by atoms with Crippen LogP contribution in [0.15, 0.2) is 0 Å². The Hall–Kier alpha value is -0.130. The molecule has 0 aromatic carbocycles. The highest BCUT2D eigenvalue weighted by molar-refractivity contribution is 7.85. The Kier molecular flexibility index (Phi) is 16.3. The summed E-state index contributed by atoms with van der Waals surface area (Å²) in [5.74, 6) is -0.0946. The van der Waals surface area contributed by atoms with Crippen LogP contribution >= 0.6 is 0 Å². The van der Waals surface area contributed by atoms with Crippen molar-refractivity contribution < 1.29 is 18.1 Å². The van der Waals surface area contributed by atoms with Gasteiger partial charge >= 0.3 is 0 Å². The average Bonchev–Trinajstić information content (AvgIpc) is 2.52. The fraction of sp³-hybridized carbons (Fsp3) is 1.00. The third-order valence-corrected chi connectivity index (χ3v) is 5.39. The van der Waals surface area contributed by atoms with E-state index in [-0.39, 0.29) is 11.9 Å². The predicted molar refractivity (Wildman–Crippen MR) is 102 cm³/mol. The molecule has 0 aliphatic carbocycles. The van der Waals surface area contributed by atoms with Gasteiger partial charge in [-0.25, -0.2) is 0 Å². The molecule has 0 saturated heterocycles. The Morgan fingerprint density at radius 1 is 0.667 bits per heavy atom. The highest BCUT2D eigenvalue weighted by Crippen LogP contribution is 2.14. The molecule has 146 valence electrons. The van der Waals surface area contributed by atoms with E-state index in [0.717, 1.165) is 38.5 Å². The summed E-state index contributed by atoms with van der Waals surface area (Å²) in [5.41, 5.74) is 0. The Bertz CT molecular complexity index is 354. The molecule has 0 bridgehead atoms. The summed E-state index contributed by atoms with van der Waals surface area (Å²) in [6.07, 6.45) is 18.0. The number of hydrogen-bond acceptors (Lipinski definition) is 3. The maximum Gasteiger partial charge on any atom is 0.264 e. The van der Waals surface area contributed by atoms with Crippen molar-refractivity contribution in [2.75, 3.05) is 5.75 Å². The van der Waals surface area contributed by atoms with Gasteiger partial charge in [0.2, 0.25) is 0 Å². The van der Waals surface area contributed by atoms with Crippen molar-refractivity contribution in [2.45, 2.75) is 116 Å². The van der Waals surface area contributed by atoms with Crippen LogP contribution in [-0.2, 0) is 10.1 Å². The topological polar surface area (TPSA) is 74.6 Å². The Morgan fingerprint density at radius 2 is 1.04 bits per heavy atom. The minimum absolute atomic E-state index is 0.0811. The van der Waals surface area contributed by atoms with Crippen LogP contribution in [-0.4, -0.2) is 29.9 Å². The van der Waals surface area contributed by atoms with Gasteiger partial charge in [-0.2, -0.15) is 8.42 Å². The monoisotopic (exact) mass is 364 g/mol. The van der Waals surface area contributed by atoms with Crippen LogP contribution in [0.25, 0.3) is 0 Å². The van der Waals surface area contributed by atoms with Crippen LogP contribution in [0.5, 0.6) is 0 Å². The van der Waals surface area contributed by atoms with Crippen molar-refractivity contribution in [1.29, 1.82) is 0 Å². The smallest absolute Gasteiger partial charge is 0.264 e. The Labute approximate surface area is 150 Å². The highest BCUT2D eigenvalue weighted by atomic mass is 32.2. The Balaban J connectivity index is 3.12. The van der Waals surface area contributed by atoms with Gasteiger partial charge in [-0.3, -0.25) is 4.55 Å². The fourth-order valence-corrected chi connectivity index (χ4v) is 3.59. The lowest BCUT2D eigenvalue weighted by Crippen LogP contribution is -2.05. The molecular weight excluding hydrogens is 324 g/mol. The number of aliphatic hydroxyl groups excluding tert-OH is 1. The van der Waals surface area contributed by atoms with E-state index in [0.29, 0.717) is 6.42 Å². The molecule has 0 aromatic heterocycles. The van der Waals surface area contributed by atoms with Gasteiger partial charge in [0, 0.05) is 0 Å². The van der Waals surface area contributed by atoms with Gasteiger partial charge in [0.15, 0.2) is 0 Å². The summed E-state index contributed by atoms with van der Waals surface area (Å²) < 4.78 is 29.7. The van der Waals surface area contributed by atoms with E-state index in [1.165, 1.54) is 57.8 Å². The summed E-state index contributed by atoms with van der Waals surface area (Å²) in [6, 6.07) is 0. The predicted octanol–water partition coefficient (Wildman–Crippen LogP) is 5.50. The summed E-state index contributed by atoms with van der Waals surface area (Å²) >= 11 is 0. The van der Waals surface area contributed by atoms with E-state index in [1.54, 1.807) is 0 Å². The van der Waals surface area contributed by atoms with Crippen molar-refractivity contribution >= 4 is 10.1 Å². The number of hydrogen-bond donors (Lipinski definition) is 2. The normalized spacial score (nSPS) is 13.3. The van der Waals surface area contributed by atoms with Crippen molar-refractivity contribution in [3.63, 3.8) is 0 Å². The second-order valence-electron chi connectivity index (χ2n) is 7.11. The zero-order valence-electron chi connectivity index (χ0n) is 15.7. The van der Waals surface area contributed by atoms with Gasteiger partial charge in [-0.05, 0) is 19.3 Å². The second kappa shape index (κ2) is 16.3. The van der Waals surface area contributed by atoms with Crippen molar-refractivity contribution in [2.24, 2.45) is 0 Å². The first-order valence-electron chi connectivity index (χ1n) is 10.1. The van der Waals surface area contributed by atoms with Gasteiger partial charge in [0.05, 0.1) is 11.9 Å². The van der Waals surface area contributed by atoms with Crippen LogP contribution in [0, 0.1) is 0 Å². The quantitative estimate of drug-likeness (QED) is 0.249. The molecular formula is C19H40O4S. The largest absolute Gasteiger partial charge is 0.393 e. The second-order valence-corrected chi connectivity index (χ2v) is 8.69. The molecule has 0 saturated carbocycles. The molecule has 5 heteroatoms. The van der Waals surface area contributed by atoms with Crippen molar-refractivity contribution in [3.05, 3.63) is 0 Å². The van der Waals surface area contributed by atoms with Crippen molar-refractivity contribution in [1.82, 2.24) is 0 Å². The van der Waals surface area contributed by atoms with E-state index < -0.39 is 10.1 Å². The first-order chi connectivity index (χ1) is 11.5. The zero-order chi connectivity index (χ0) is 18.1. The van der Waals surface area contributed by atoms with Gasteiger partial charge in [0.1, 0.15) is 0 Å². The third kappa shape index (κ3) is 19.9. The maximum absolute atomic E-state index is 10.6. The molecule has 0 amide bonds. The van der Waals surface area contributed by atoms with Gasteiger partial charge in [0.25, 0.3) is 10.1 Å². The number of rotatable bonds is 18. The number of unbranched alkanes of at least 4 members (excludes halogenated alkanes) is 12. The molecule has 0 heterocycles. The molecule has 0 fully saturated rings. The molecule has 0 aliphatic rings. The van der Waals surface area contributed by atoms with E-state index in [1.807, 2.05) is 0 Å². The van der Waals surface area contributed by atoms with Crippen LogP contribution in [0.2, 0.25) is 0 Å². The lowest BCUT2D eigenvalue weighted by molar-refractivity contribution is 0.148. The molecule has 2 N–H and O–H groups in total. The molecule has 1 atom stereocenters. The van der Waals surface area contributed by atoms with Crippen LogP contribution in [0.4, 0.5) is 0 Å². The first-order valence-corrected chi connectivity index (χ1v) is 11.7. The van der Waals surface area contributed by atoms with Crippen LogP contribution < -0.4 is 0 Å². The zero-order valence-corrected chi connectivity index (χ0v) is 16.5. The van der Waals surface area contributed by atoms with Gasteiger partial charge in [-0.1, -0.05) is 90.4 Å². The highest BCUT2D eigenvalue weighted by Gasteiger charge is 2.03. The summed E-state index contributed by atoms with van der Waals surface area (Å²) in [7, 11) is -3.76. The first kappa shape index (κ1) is 23.9. The van der Waals surface area contributed by atoms with E-state index in [4.69, 9.17) is 4.55 Å². The molecule has 0 aliphatic heterocycles. The number of aliphatic hydroxyl groups is 1. The van der Waals surface area contributed by atoms with Crippen LogP contribution in [0.3, 0.4) is 0 Å². The summed E-state index contributed by atoms with van der Waals surface area (Å²) in [6.45, 7) is 2.16. The minimum atomic E-state index is -3.76. The molecule has 0 radical (unpaired) electrons. The molecule has 0 spiro atoms. The third-order valence-electron chi connectivity index (χ3n) is 4.58. The maximum atomic E-state index is 10.6. The molecule has 4 nitrogen and oxygen atoms in total. The molecule has 0 unspecified atom stereocenters. The average molecular weight is 365 g/mol. The standard InChI is InChI=1S/C19H40O4S/c1-2-3-16-19(20)17-14-12-10-8-6-4-5-7-9-11-13-15-18-24(21,22)23/h19-20H,2-18H2,1H3,(H,21,22,23)/t19-/m1/s1. The van der Waals surface area contributed by atoms with Crippen LogP contribution in [0.1, 0.15) is 110 Å². The van der Waals surface area contributed by atoms with E-state index in [9.17, 15) is 13.5 Å². The lowest BCUT2D eigenvalue weighted by atomic mass is 10.0. The van der Waals surface area contributed by atoms with E-state index in [2.05, 4.69) is 6.92 Å². The Morgan fingerprint density at radius 3 is 1.46 bits per heavy atom. The molecule has 0 aromatic rings. The molecule has 24 heavy (non-hydrogen) atoms.